The average molecular weight is 362 g/mol. The molecule has 2 heterocycles. The Labute approximate surface area is 157 Å². The van der Waals surface area contributed by atoms with Crippen molar-refractivity contribution in [3.05, 3.63) is 60.4 Å². The van der Waals surface area contributed by atoms with Gasteiger partial charge in [-0.2, -0.15) is 5.21 Å². The summed E-state index contributed by atoms with van der Waals surface area (Å²) in [5, 5.41) is 17.1. The van der Waals surface area contributed by atoms with E-state index in [4.69, 9.17) is 0 Å². The number of likely N-dealkylation sites (tertiary alicyclic amines) is 1. The number of anilines is 1. The Balaban J connectivity index is 1.42. The molecule has 1 unspecified atom stereocenters. The van der Waals surface area contributed by atoms with E-state index in [1.54, 1.807) is 0 Å². The monoisotopic (exact) mass is 362 g/mol. The summed E-state index contributed by atoms with van der Waals surface area (Å²) in [5.74, 6) is 0.645. The van der Waals surface area contributed by atoms with Gasteiger partial charge in [0.1, 0.15) is 0 Å². The lowest BCUT2D eigenvalue weighted by Crippen LogP contribution is -2.47. The molecule has 27 heavy (non-hydrogen) atoms. The number of H-pyrrole nitrogens is 1. The molecule has 0 bridgehead atoms. The number of benzene rings is 2. The van der Waals surface area contributed by atoms with Gasteiger partial charge in [0.2, 0.25) is 0 Å². The Bertz CT molecular complexity index is 863. The molecule has 0 aliphatic carbocycles. The van der Waals surface area contributed by atoms with E-state index in [1.807, 2.05) is 47.4 Å². The molecule has 4 rings (SSSR count). The lowest BCUT2D eigenvalue weighted by Gasteiger charge is -2.35. The minimum Gasteiger partial charge on any atom is -0.321 e. The van der Waals surface area contributed by atoms with Gasteiger partial charge in [-0.05, 0) is 42.5 Å². The van der Waals surface area contributed by atoms with Gasteiger partial charge >= 0.3 is 6.03 Å². The zero-order chi connectivity index (χ0) is 18.5. The van der Waals surface area contributed by atoms with E-state index >= 15 is 0 Å². The maximum atomic E-state index is 12.8. The highest BCUT2D eigenvalue weighted by Crippen LogP contribution is 2.23. The highest BCUT2D eigenvalue weighted by molar-refractivity contribution is 5.90. The lowest BCUT2D eigenvalue weighted by molar-refractivity contribution is 0.161. The molecule has 0 saturated carbocycles. The van der Waals surface area contributed by atoms with Crippen LogP contribution in [0.5, 0.6) is 0 Å². The molecular weight excluding hydrogens is 340 g/mol. The van der Waals surface area contributed by atoms with E-state index in [0.717, 1.165) is 42.6 Å². The van der Waals surface area contributed by atoms with E-state index in [0.29, 0.717) is 12.2 Å². The highest BCUT2D eigenvalue weighted by Gasteiger charge is 2.28. The molecule has 138 valence electrons. The van der Waals surface area contributed by atoms with Gasteiger partial charge in [-0.3, -0.25) is 0 Å². The molecule has 0 spiro atoms. The molecule has 7 heteroatoms. The standard InChI is InChI=1S/C20H22N6O/c27-20(26-13-5-4-8-18(26)14-19-22-24-25-23-19)21-17-11-9-16(10-12-17)15-6-2-1-3-7-15/h1-3,6-7,9-12,18H,4-5,8,13-14H2,(H,21,27)(H,22,23,24,25). The molecule has 0 radical (unpaired) electrons. The second-order valence-corrected chi connectivity index (χ2v) is 6.75. The summed E-state index contributed by atoms with van der Waals surface area (Å²) < 4.78 is 0. The maximum Gasteiger partial charge on any atom is 0.322 e. The summed E-state index contributed by atoms with van der Waals surface area (Å²) in [6.07, 6.45) is 3.70. The maximum absolute atomic E-state index is 12.8. The smallest absolute Gasteiger partial charge is 0.321 e. The van der Waals surface area contributed by atoms with Crippen LogP contribution in [0.15, 0.2) is 54.6 Å². The van der Waals surface area contributed by atoms with Crippen LogP contribution in [0.2, 0.25) is 0 Å². The van der Waals surface area contributed by atoms with E-state index in [-0.39, 0.29) is 12.1 Å². The number of hydrogen-bond acceptors (Lipinski definition) is 4. The fourth-order valence-corrected chi connectivity index (χ4v) is 3.53. The Morgan fingerprint density at radius 1 is 1.07 bits per heavy atom. The van der Waals surface area contributed by atoms with Crippen LogP contribution in [0.4, 0.5) is 10.5 Å². The van der Waals surface area contributed by atoms with Gasteiger partial charge < -0.3 is 10.2 Å². The van der Waals surface area contributed by atoms with Crippen molar-refractivity contribution in [1.29, 1.82) is 0 Å². The summed E-state index contributed by atoms with van der Waals surface area (Å²) in [7, 11) is 0. The second kappa shape index (κ2) is 7.99. The third-order valence-corrected chi connectivity index (χ3v) is 4.94. The van der Waals surface area contributed by atoms with Crippen molar-refractivity contribution in [3.8, 4) is 11.1 Å². The van der Waals surface area contributed by atoms with Crippen LogP contribution in [0.3, 0.4) is 0 Å². The number of aromatic amines is 1. The zero-order valence-corrected chi connectivity index (χ0v) is 15.0. The minimum atomic E-state index is -0.0735. The van der Waals surface area contributed by atoms with Crippen LogP contribution in [0.1, 0.15) is 25.1 Å². The van der Waals surface area contributed by atoms with E-state index in [9.17, 15) is 4.79 Å². The Hall–Kier alpha value is -3.22. The van der Waals surface area contributed by atoms with Crippen molar-refractivity contribution in [2.45, 2.75) is 31.7 Å². The van der Waals surface area contributed by atoms with E-state index in [2.05, 4.69) is 38.1 Å². The van der Waals surface area contributed by atoms with Crippen molar-refractivity contribution >= 4 is 11.7 Å². The van der Waals surface area contributed by atoms with Crippen LogP contribution >= 0.6 is 0 Å². The van der Waals surface area contributed by atoms with Crippen LogP contribution in [0, 0.1) is 0 Å². The fourth-order valence-electron chi connectivity index (χ4n) is 3.53. The Kier molecular flexibility index (Phi) is 5.09. The van der Waals surface area contributed by atoms with Gasteiger partial charge in [-0.1, -0.05) is 47.7 Å². The fraction of sp³-hybridized carbons (Fsp3) is 0.300. The van der Waals surface area contributed by atoms with E-state index in [1.165, 1.54) is 0 Å². The number of nitrogens with one attached hydrogen (secondary N) is 2. The Morgan fingerprint density at radius 2 is 1.85 bits per heavy atom. The van der Waals surface area contributed by atoms with Crippen molar-refractivity contribution in [3.63, 3.8) is 0 Å². The summed E-state index contributed by atoms with van der Waals surface area (Å²) >= 11 is 0. The highest BCUT2D eigenvalue weighted by atomic mass is 16.2. The summed E-state index contributed by atoms with van der Waals surface area (Å²) in [6.45, 7) is 0.746. The number of aromatic nitrogens is 4. The first kappa shape index (κ1) is 17.2. The van der Waals surface area contributed by atoms with Gasteiger partial charge in [0.05, 0.1) is 0 Å². The molecule has 3 aromatic rings. The average Bonchev–Trinajstić information content (AvgIpc) is 3.23. The van der Waals surface area contributed by atoms with Crippen molar-refractivity contribution in [2.24, 2.45) is 0 Å². The Morgan fingerprint density at radius 3 is 2.59 bits per heavy atom. The largest absolute Gasteiger partial charge is 0.322 e. The van der Waals surface area contributed by atoms with Crippen molar-refractivity contribution in [2.75, 3.05) is 11.9 Å². The number of tetrazole rings is 1. The van der Waals surface area contributed by atoms with E-state index < -0.39 is 0 Å². The number of piperidine rings is 1. The zero-order valence-electron chi connectivity index (χ0n) is 15.0. The van der Waals surface area contributed by atoms with Crippen LogP contribution in [-0.4, -0.2) is 44.1 Å². The van der Waals surface area contributed by atoms with Crippen LogP contribution in [-0.2, 0) is 6.42 Å². The molecular formula is C20H22N6O. The molecule has 1 saturated heterocycles. The van der Waals surface area contributed by atoms with Crippen molar-refractivity contribution in [1.82, 2.24) is 25.5 Å². The number of hydrogen-bond donors (Lipinski definition) is 2. The van der Waals surface area contributed by atoms with Gasteiger partial charge in [0.25, 0.3) is 0 Å². The van der Waals surface area contributed by atoms with Crippen molar-refractivity contribution < 1.29 is 4.79 Å². The first-order valence-corrected chi connectivity index (χ1v) is 9.25. The molecule has 1 aliphatic heterocycles. The molecule has 1 fully saturated rings. The molecule has 2 N–H and O–H groups in total. The SMILES string of the molecule is O=C(Nc1ccc(-c2ccccc2)cc1)N1CCCCC1Cc1nn[nH]n1. The second-order valence-electron chi connectivity index (χ2n) is 6.75. The topological polar surface area (TPSA) is 86.8 Å². The normalized spacial score (nSPS) is 16.9. The number of amides is 2. The number of rotatable bonds is 4. The third kappa shape index (κ3) is 4.13. The van der Waals surface area contributed by atoms with Gasteiger partial charge in [-0.15, -0.1) is 10.2 Å². The van der Waals surface area contributed by atoms with Gasteiger partial charge in [0.15, 0.2) is 5.82 Å². The first-order chi connectivity index (χ1) is 13.3. The van der Waals surface area contributed by atoms with Crippen LogP contribution < -0.4 is 5.32 Å². The molecule has 1 atom stereocenters. The first-order valence-electron chi connectivity index (χ1n) is 9.25. The lowest BCUT2D eigenvalue weighted by atomic mass is 9.99. The minimum absolute atomic E-state index is 0.0735. The quantitative estimate of drug-likeness (QED) is 0.744. The molecule has 7 nitrogen and oxygen atoms in total. The summed E-state index contributed by atoms with van der Waals surface area (Å²) in [4.78, 5) is 14.7. The number of urea groups is 1. The predicted molar refractivity (Wildman–Crippen MR) is 103 cm³/mol. The number of carbonyl (C=O) groups is 1. The molecule has 1 aliphatic rings. The summed E-state index contributed by atoms with van der Waals surface area (Å²) in [5.41, 5.74) is 3.08. The predicted octanol–water partition coefficient (Wildman–Crippen LogP) is 3.50. The molecule has 2 aromatic carbocycles. The molecule has 2 amide bonds. The number of carbonyl (C=O) groups excluding carboxylic acids is 1. The van der Waals surface area contributed by atoms with Crippen LogP contribution in [0.25, 0.3) is 11.1 Å². The summed E-state index contributed by atoms with van der Waals surface area (Å²) in [6, 6.07) is 18.1. The number of nitrogens with zero attached hydrogens (tertiary/aromatic N) is 4. The third-order valence-electron chi connectivity index (χ3n) is 4.94. The van der Waals surface area contributed by atoms with Gasteiger partial charge in [-0.25, -0.2) is 4.79 Å². The van der Waals surface area contributed by atoms with Gasteiger partial charge in [0, 0.05) is 24.7 Å². The molecule has 1 aromatic heterocycles.